The van der Waals surface area contributed by atoms with E-state index < -0.39 is 0 Å². The minimum Gasteiger partial charge on any atom is -0.222 e. The highest BCUT2D eigenvalue weighted by Gasteiger charge is 2.21. The van der Waals surface area contributed by atoms with Gasteiger partial charge in [0.2, 0.25) is 0 Å². The quantitative estimate of drug-likeness (QED) is 0.465. The molecule has 2 heteroatoms. The summed E-state index contributed by atoms with van der Waals surface area (Å²) in [5.74, 6) is 0. The van der Waals surface area contributed by atoms with Gasteiger partial charge in [-0.2, -0.15) is 0 Å². The smallest absolute Gasteiger partial charge is 0.0898 e. The van der Waals surface area contributed by atoms with E-state index in [4.69, 9.17) is 0 Å². The van der Waals surface area contributed by atoms with Gasteiger partial charge in [0.25, 0.3) is 0 Å². The Kier molecular flexibility index (Phi) is 1.13. The normalized spacial score (nSPS) is 39.1. The van der Waals surface area contributed by atoms with Crippen molar-refractivity contribution in [2.45, 2.75) is 37.8 Å². The molecule has 2 bridgehead atoms. The number of aliphatic imine (C=N–C) groups is 2. The van der Waals surface area contributed by atoms with Crippen molar-refractivity contribution in [3.05, 3.63) is 0 Å². The van der Waals surface area contributed by atoms with Crippen molar-refractivity contribution in [2.24, 2.45) is 9.98 Å². The first-order chi connectivity index (χ1) is 4.45. The molecule has 1 saturated carbocycles. The van der Waals surface area contributed by atoms with E-state index in [1.54, 1.807) is 0 Å². The average Bonchev–Trinajstić information content (AvgIpc) is 2.21. The number of hydrogen-bond donors (Lipinski definition) is 0. The molecule has 0 unspecified atom stereocenters. The third-order valence-electron chi connectivity index (χ3n) is 2.15. The van der Waals surface area contributed by atoms with Crippen LogP contribution in [0.25, 0.3) is 0 Å². The van der Waals surface area contributed by atoms with Crippen LogP contribution in [0.2, 0.25) is 0 Å². The minimum atomic E-state index is 0.562. The van der Waals surface area contributed by atoms with Crippen molar-refractivity contribution in [3.63, 3.8) is 0 Å². The summed E-state index contributed by atoms with van der Waals surface area (Å²) in [4.78, 5) is 8.33. The molecule has 0 N–H and O–H groups in total. The van der Waals surface area contributed by atoms with E-state index in [-0.39, 0.29) is 0 Å². The first-order valence-corrected chi connectivity index (χ1v) is 3.60. The number of nitrogens with zero attached hydrogens (tertiary/aromatic N) is 2. The van der Waals surface area contributed by atoms with E-state index in [9.17, 15) is 0 Å². The predicted molar refractivity (Wildman–Crippen MR) is 35.9 cm³/mol. The SMILES string of the molecule is C1=NC2CCC(CC2)N=1. The zero-order valence-corrected chi connectivity index (χ0v) is 5.38. The van der Waals surface area contributed by atoms with Crippen LogP contribution in [0.4, 0.5) is 0 Å². The standard InChI is InChI=1S/C7H10N2/c1-2-7-4-3-6(1)8-5-9-7/h6-7H,1-4H2. The molecule has 0 atom stereocenters. The van der Waals surface area contributed by atoms with Crippen LogP contribution in [0.5, 0.6) is 0 Å². The minimum absolute atomic E-state index is 0.562. The molecule has 9 heavy (non-hydrogen) atoms. The van der Waals surface area contributed by atoms with Gasteiger partial charge in [-0.1, -0.05) is 0 Å². The molecule has 0 radical (unpaired) electrons. The molecule has 2 heterocycles. The molecule has 3 rings (SSSR count). The Morgan fingerprint density at radius 1 is 0.889 bits per heavy atom. The largest absolute Gasteiger partial charge is 0.222 e. The lowest BCUT2D eigenvalue weighted by atomic mass is 9.93. The molecule has 48 valence electrons. The third-order valence-corrected chi connectivity index (χ3v) is 2.15. The van der Waals surface area contributed by atoms with Crippen molar-refractivity contribution in [2.75, 3.05) is 0 Å². The van der Waals surface area contributed by atoms with Gasteiger partial charge in [0.15, 0.2) is 0 Å². The number of hydrogen-bond acceptors (Lipinski definition) is 2. The van der Waals surface area contributed by atoms with E-state index in [1.807, 2.05) is 0 Å². The van der Waals surface area contributed by atoms with Gasteiger partial charge >= 0.3 is 0 Å². The van der Waals surface area contributed by atoms with Crippen LogP contribution in [0.15, 0.2) is 9.98 Å². The fourth-order valence-electron chi connectivity index (χ4n) is 1.51. The van der Waals surface area contributed by atoms with Gasteiger partial charge in [-0.15, -0.1) is 0 Å². The number of rotatable bonds is 0. The second kappa shape index (κ2) is 1.96. The maximum absolute atomic E-state index is 4.17. The van der Waals surface area contributed by atoms with Gasteiger partial charge in [-0.25, -0.2) is 9.98 Å². The summed E-state index contributed by atoms with van der Waals surface area (Å²) in [5.41, 5.74) is 0. The topological polar surface area (TPSA) is 24.7 Å². The highest BCUT2D eigenvalue weighted by atomic mass is 14.9. The Hall–Kier alpha value is -0.620. The summed E-state index contributed by atoms with van der Waals surface area (Å²) in [7, 11) is 0. The maximum Gasteiger partial charge on any atom is 0.0898 e. The van der Waals surface area contributed by atoms with Gasteiger partial charge in [0.05, 0.1) is 18.1 Å². The Morgan fingerprint density at radius 3 is 1.78 bits per heavy atom. The molecular weight excluding hydrogens is 112 g/mol. The maximum atomic E-state index is 4.17. The van der Waals surface area contributed by atoms with Crippen LogP contribution < -0.4 is 0 Å². The molecule has 0 aromatic rings. The van der Waals surface area contributed by atoms with Crippen molar-refractivity contribution >= 4 is 6.01 Å². The zero-order chi connectivity index (χ0) is 6.10. The summed E-state index contributed by atoms with van der Waals surface area (Å²) in [6.07, 6.45) is 4.95. The van der Waals surface area contributed by atoms with E-state index in [2.05, 4.69) is 16.0 Å². The van der Waals surface area contributed by atoms with E-state index >= 15 is 0 Å². The van der Waals surface area contributed by atoms with E-state index in [0.29, 0.717) is 12.1 Å². The van der Waals surface area contributed by atoms with Crippen LogP contribution >= 0.6 is 0 Å². The Bertz CT molecular complexity index is 144. The molecule has 0 saturated heterocycles. The van der Waals surface area contributed by atoms with Crippen LogP contribution in [0.1, 0.15) is 25.7 Å². The van der Waals surface area contributed by atoms with Gasteiger partial charge in [-0.05, 0) is 25.7 Å². The predicted octanol–water partition coefficient (Wildman–Crippen LogP) is 1.49. The highest BCUT2D eigenvalue weighted by molar-refractivity contribution is 5.43. The number of fused-ring (bicyclic) bond motifs is 2. The molecule has 1 fully saturated rings. The highest BCUT2D eigenvalue weighted by Crippen LogP contribution is 2.24. The van der Waals surface area contributed by atoms with Gasteiger partial charge in [0, 0.05) is 0 Å². The molecule has 0 amide bonds. The van der Waals surface area contributed by atoms with Crippen LogP contribution in [-0.2, 0) is 0 Å². The molecular formula is C7H10N2. The lowest BCUT2D eigenvalue weighted by Gasteiger charge is -2.18. The molecule has 2 aliphatic heterocycles. The second-order valence-electron chi connectivity index (χ2n) is 2.82. The first kappa shape index (κ1) is 5.19. The fourth-order valence-corrected chi connectivity index (χ4v) is 1.51. The molecule has 1 aliphatic carbocycles. The lowest BCUT2D eigenvalue weighted by Crippen LogP contribution is -2.16. The van der Waals surface area contributed by atoms with Gasteiger partial charge < -0.3 is 0 Å². The Balaban J connectivity index is 2.24. The van der Waals surface area contributed by atoms with Gasteiger partial charge in [-0.3, -0.25) is 0 Å². The Labute approximate surface area is 54.7 Å². The molecule has 0 aromatic carbocycles. The second-order valence-corrected chi connectivity index (χ2v) is 2.82. The molecule has 2 nitrogen and oxygen atoms in total. The van der Waals surface area contributed by atoms with Crippen LogP contribution in [0, 0.1) is 0 Å². The summed E-state index contributed by atoms with van der Waals surface area (Å²) in [5, 5.41) is 0. The van der Waals surface area contributed by atoms with Crippen molar-refractivity contribution in [1.82, 2.24) is 0 Å². The lowest BCUT2D eigenvalue weighted by molar-refractivity contribution is 0.410. The molecule has 0 aromatic heterocycles. The summed E-state index contributed by atoms with van der Waals surface area (Å²) >= 11 is 0. The third kappa shape index (κ3) is 0.903. The van der Waals surface area contributed by atoms with Gasteiger partial charge in [0.1, 0.15) is 0 Å². The zero-order valence-electron chi connectivity index (χ0n) is 5.38. The van der Waals surface area contributed by atoms with Crippen molar-refractivity contribution in [1.29, 1.82) is 0 Å². The van der Waals surface area contributed by atoms with E-state index in [1.165, 1.54) is 25.7 Å². The average molecular weight is 122 g/mol. The van der Waals surface area contributed by atoms with Crippen molar-refractivity contribution < 1.29 is 0 Å². The first-order valence-electron chi connectivity index (χ1n) is 3.60. The fraction of sp³-hybridized carbons (Fsp3) is 0.857. The van der Waals surface area contributed by atoms with Crippen LogP contribution in [0.3, 0.4) is 0 Å². The summed E-state index contributed by atoms with van der Waals surface area (Å²) < 4.78 is 0. The molecule has 3 aliphatic rings. The Morgan fingerprint density at radius 2 is 1.33 bits per heavy atom. The summed E-state index contributed by atoms with van der Waals surface area (Å²) in [6.45, 7) is 0. The van der Waals surface area contributed by atoms with Crippen molar-refractivity contribution in [3.8, 4) is 0 Å². The molecule has 0 spiro atoms. The van der Waals surface area contributed by atoms with Crippen LogP contribution in [-0.4, -0.2) is 18.1 Å². The van der Waals surface area contributed by atoms with E-state index in [0.717, 1.165) is 0 Å². The summed E-state index contributed by atoms with van der Waals surface area (Å²) in [6, 6.07) is 3.88. The monoisotopic (exact) mass is 122 g/mol.